The Morgan fingerprint density at radius 1 is 0.569 bits per heavy atom. The largest absolute Gasteiger partial charge is 1.00 e. The SMILES string of the molecule is CC(C)C1=CC(C(C)C)[C]([Zr+2](=[C](c2ccccc2)c2ccccc2)[CH]2c3cc(C(C)(C)C)ccc3-c3ccc(C(C)(C)C)cc32)=C1C(C)C.[Cl-].[Cl-]. The first-order chi connectivity index (χ1) is 23.1. The second kappa shape index (κ2) is 16.0. The second-order valence-electron chi connectivity index (χ2n) is 17.6. The number of hydrogen-bond donors (Lipinski definition) is 0. The third kappa shape index (κ3) is 7.98. The van der Waals surface area contributed by atoms with E-state index >= 15 is 0 Å². The van der Waals surface area contributed by atoms with Gasteiger partial charge in [0.15, 0.2) is 0 Å². The van der Waals surface area contributed by atoms with Crippen LogP contribution in [-0.4, -0.2) is 3.21 Å². The molecule has 1 unspecified atom stereocenters. The molecule has 0 N–H and O–H groups in total. The van der Waals surface area contributed by atoms with Crippen molar-refractivity contribution < 1.29 is 46.1 Å². The normalized spacial score (nSPS) is 15.6. The van der Waals surface area contributed by atoms with E-state index in [-0.39, 0.29) is 35.6 Å². The van der Waals surface area contributed by atoms with Crippen molar-refractivity contribution in [1.29, 1.82) is 0 Å². The minimum Gasteiger partial charge on any atom is -1.00 e. The molecule has 0 radical (unpaired) electrons. The van der Waals surface area contributed by atoms with Crippen LogP contribution in [-0.2, 0) is 32.1 Å². The predicted octanol–water partition coefficient (Wildman–Crippen LogP) is 7.02. The number of benzene rings is 4. The van der Waals surface area contributed by atoms with Crippen LogP contribution in [0.1, 0.15) is 120 Å². The van der Waals surface area contributed by atoms with Gasteiger partial charge in [0.1, 0.15) is 0 Å². The van der Waals surface area contributed by atoms with E-state index in [1.165, 1.54) is 33.4 Å². The van der Waals surface area contributed by atoms with E-state index in [1.807, 2.05) is 3.28 Å². The Balaban J connectivity index is 0.00000292. The maximum Gasteiger partial charge on any atom is -1.00 e. The van der Waals surface area contributed by atoms with Crippen LogP contribution < -0.4 is 24.8 Å². The maximum absolute atomic E-state index is 3.03. The minimum absolute atomic E-state index is 0. The molecule has 0 aromatic heterocycles. The van der Waals surface area contributed by atoms with Crippen LogP contribution in [0.25, 0.3) is 11.1 Å². The summed E-state index contributed by atoms with van der Waals surface area (Å²) in [5.74, 6) is 1.96. The fourth-order valence-electron chi connectivity index (χ4n) is 8.33. The Labute approximate surface area is 330 Å². The van der Waals surface area contributed by atoms with Crippen LogP contribution in [0.3, 0.4) is 0 Å². The quantitative estimate of drug-likeness (QED) is 0.189. The molecule has 1 atom stereocenters. The zero-order chi connectivity index (χ0) is 35.4. The topological polar surface area (TPSA) is 0 Å². The van der Waals surface area contributed by atoms with E-state index < -0.39 is 21.3 Å². The molecule has 0 spiro atoms. The molecule has 2 aliphatic rings. The zero-order valence-electron chi connectivity index (χ0n) is 33.0. The summed E-state index contributed by atoms with van der Waals surface area (Å²) in [7, 11) is 0. The van der Waals surface area contributed by atoms with Crippen LogP contribution in [0.4, 0.5) is 0 Å². The summed E-state index contributed by atoms with van der Waals surface area (Å²) in [5.41, 5.74) is 15.2. The van der Waals surface area contributed by atoms with Crippen LogP contribution in [0, 0.1) is 23.7 Å². The van der Waals surface area contributed by atoms with Crippen LogP contribution in [0.5, 0.6) is 0 Å². The summed E-state index contributed by atoms with van der Waals surface area (Å²) in [6.45, 7) is 29.0. The molecule has 3 heteroatoms. The average Bonchev–Trinajstić information content (AvgIpc) is 3.60. The number of fused-ring (bicyclic) bond motifs is 3. The Morgan fingerprint density at radius 2 is 1.00 bits per heavy atom. The van der Waals surface area contributed by atoms with Gasteiger partial charge in [-0.3, -0.25) is 0 Å². The van der Waals surface area contributed by atoms with E-state index in [1.54, 1.807) is 25.5 Å². The van der Waals surface area contributed by atoms with Gasteiger partial charge >= 0.3 is 308 Å². The Kier molecular flexibility index (Phi) is 13.0. The molecule has 6 rings (SSSR count). The molecule has 0 aliphatic heterocycles. The Hall–Kier alpha value is -2.31. The second-order valence-corrected chi connectivity index (χ2v) is 23.6. The third-order valence-electron chi connectivity index (χ3n) is 10.9. The van der Waals surface area contributed by atoms with Gasteiger partial charge < -0.3 is 24.8 Å². The van der Waals surface area contributed by atoms with Crippen molar-refractivity contribution in [3.05, 3.63) is 151 Å². The molecule has 0 fully saturated rings. The van der Waals surface area contributed by atoms with Crippen LogP contribution in [0.15, 0.2) is 118 Å². The molecule has 0 saturated carbocycles. The van der Waals surface area contributed by atoms with Gasteiger partial charge in [0.05, 0.1) is 0 Å². The van der Waals surface area contributed by atoms with Crippen molar-refractivity contribution in [2.24, 2.45) is 23.7 Å². The van der Waals surface area contributed by atoms with E-state index in [0.29, 0.717) is 27.3 Å². The molecule has 51 heavy (non-hydrogen) atoms. The standard InChI is InChI=1S/C21H25.C14H23.C13H10.2ClH.Zr/c1-20(2,3)16-7-9-18-14(12-16)11-15-13-17(21(4,5)6)8-10-19(15)18;1-9(2)12-7-13(10(3)4)14(8-12)11(5)6;1-3-7-12(8-4-1)11-13-9-5-2-6-10-13;;;/h7-13H,1-6H3;7,9-12H,1-6H3;1-10H;2*1H;/q;;;;;+2/p-2. The summed E-state index contributed by atoms with van der Waals surface area (Å²) >= 11 is -3.03. The van der Waals surface area contributed by atoms with Crippen LogP contribution >= 0.6 is 0 Å². The van der Waals surface area contributed by atoms with E-state index in [4.69, 9.17) is 0 Å². The smallest absolute Gasteiger partial charge is 1.00 e. The maximum atomic E-state index is 2.72. The van der Waals surface area contributed by atoms with Crippen molar-refractivity contribution in [2.75, 3.05) is 0 Å². The molecule has 0 nitrogen and oxygen atoms in total. The summed E-state index contributed by atoms with van der Waals surface area (Å²) in [6.07, 6.45) is 2.72. The van der Waals surface area contributed by atoms with Gasteiger partial charge in [-0.05, 0) is 0 Å². The molecule has 0 bridgehead atoms. The van der Waals surface area contributed by atoms with Gasteiger partial charge in [-0.2, -0.15) is 0 Å². The van der Waals surface area contributed by atoms with E-state index in [0.717, 1.165) is 0 Å². The first-order valence-corrected chi connectivity index (χ1v) is 22.6. The third-order valence-corrected chi connectivity index (χ3v) is 19.5. The van der Waals surface area contributed by atoms with Gasteiger partial charge in [-0.15, -0.1) is 0 Å². The molecule has 268 valence electrons. The monoisotopic (exact) mass is 794 g/mol. The predicted molar refractivity (Wildman–Crippen MR) is 210 cm³/mol. The summed E-state index contributed by atoms with van der Waals surface area (Å²) in [6, 6.07) is 38.1. The zero-order valence-corrected chi connectivity index (χ0v) is 36.9. The molecule has 4 aromatic carbocycles. The molecule has 2 aliphatic carbocycles. The fourth-order valence-corrected chi connectivity index (χ4v) is 19.2. The number of hydrogen-bond acceptors (Lipinski definition) is 0. The van der Waals surface area contributed by atoms with Gasteiger partial charge in [0.25, 0.3) is 0 Å². The first-order valence-electron chi connectivity index (χ1n) is 18.7. The molecular weight excluding hydrogens is 739 g/mol. The van der Waals surface area contributed by atoms with E-state index in [2.05, 4.69) is 186 Å². The van der Waals surface area contributed by atoms with Gasteiger partial charge in [0, 0.05) is 0 Å². The molecular formula is C48H58Cl2Zr. The fraction of sp³-hybridized carbons (Fsp3) is 0.396. The Bertz CT molecular complexity index is 1840. The minimum atomic E-state index is -3.03. The van der Waals surface area contributed by atoms with Crippen molar-refractivity contribution in [3.63, 3.8) is 0 Å². The molecule has 0 amide bonds. The molecule has 4 aromatic rings. The molecule has 0 heterocycles. The van der Waals surface area contributed by atoms with Crippen molar-refractivity contribution in [3.8, 4) is 11.1 Å². The number of rotatable bonds is 7. The summed E-state index contributed by atoms with van der Waals surface area (Å²) in [4.78, 5) is 0. The van der Waals surface area contributed by atoms with Crippen molar-refractivity contribution in [1.82, 2.24) is 0 Å². The van der Waals surface area contributed by atoms with Crippen molar-refractivity contribution in [2.45, 2.75) is 97.5 Å². The number of allylic oxidation sites excluding steroid dienone is 4. The van der Waals surface area contributed by atoms with Crippen LogP contribution in [0.2, 0.25) is 0 Å². The van der Waals surface area contributed by atoms with E-state index in [9.17, 15) is 0 Å². The average molecular weight is 797 g/mol. The van der Waals surface area contributed by atoms with Gasteiger partial charge in [-0.1, -0.05) is 0 Å². The van der Waals surface area contributed by atoms with Crippen molar-refractivity contribution >= 4 is 3.21 Å². The Morgan fingerprint density at radius 3 is 1.35 bits per heavy atom. The summed E-state index contributed by atoms with van der Waals surface area (Å²) < 4.78 is 3.86. The van der Waals surface area contributed by atoms with Gasteiger partial charge in [0.2, 0.25) is 0 Å². The summed E-state index contributed by atoms with van der Waals surface area (Å²) in [5, 5.41) is 0. The van der Waals surface area contributed by atoms with Gasteiger partial charge in [-0.25, -0.2) is 0 Å². The number of halogens is 2. The first kappa shape index (κ1) is 41.4. The molecule has 0 saturated heterocycles.